The smallest absolute Gasteiger partial charge is 0.407 e. The number of carbonyl (C=O) groups excluding carboxylic acids is 2. The Morgan fingerprint density at radius 3 is 2.34 bits per heavy atom. The molecule has 0 spiro atoms. The van der Waals surface area contributed by atoms with E-state index in [1.807, 2.05) is 72.8 Å². The Balaban J connectivity index is 1.60. The third-order valence-electron chi connectivity index (χ3n) is 7.27. The number of rotatable bonds is 10. The van der Waals surface area contributed by atoms with Gasteiger partial charge in [0.25, 0.3) is 0 Å². The number of benzene rings is 3. The van der Waals surface area contributed by atoms with Gasteiger partial charge in [0, 0.05) is 40.1 Å². The highest BCUT2D eigenvalue weighted by atomic mass is 16.5. The number of nitrogens with zero attached hydrogens (tertiary/aromatic N) is 2. The molecule has 38 heavy (non-hydrogen) atoms. The van der Waals surface area contributed by atoms with Crippen molar-refractivity contribution in [3.8, 4) is 0 Å². The second-order valence-electron chi connectivity index (χ2n) is 9.79. The molecular weight excluding hydrogens is 482 g/mol. The topological polar surface area (TPSA) is 99.2 Å². The standard InChI is InChI=1S/C30H35N3O5/c1-32(26(18-21-10-4-3-5-11-21)28(34)31-20-24-15-9-17-38-24)29(35)27(33(2)30(36)37)19-23-14-8-13-22-12-6-7-16-25(22)23/h3-8,10-14,16,24,26-27H,9,15,17-20H2,1-2H3,(H,31,34)(H,36,37)/t24?,26-,27-/m1/s1. The van der Waals surface area contributed by atoms with Gasteiger partial charge in [-0.05, 0) is 34.7 Å². The fourth-order valence-electron chi connectivity index (χ4n) is 4.97. The monoisotopic (exact) mass is 517 g/mol. The van der Waals surface area contributed by atoms with E-state index in [-0.39, 0.29) is 18.4 Å². The molecule has 1 saturated heterocycles. The average Bonchev–Trinajstić information content (AvgIpc) is 3.46. The Bertz CT molecular complexity index is 1250. The maximum Gasteiger partial charge on any atom is 0.407 e. The van der Waals surface area contributed by atoms with Crippen LogP contribution in [-0.2, 0) is 27.2 Å². The van der Waals surface area contributed by atoms with E-state index in [1.165, 1.54) is 11.9 Å². The van der Waals surface area contributed by atoms with E-state index in [2.05, 4.69) is 5.32 Å². The number of carboxylic acid groups (broad SMARTS) is 1. The van der Waals surface area contributed by atoms with Gasteiger partial charge in [-0.15, -0.1) is 0 Å². The molecule has 3 atom stereocenters. The maximum absolute atomic E-state index is 13.9. The van der Waals surface area contributed by atoms with Gasteiger partial charge in [0.1, 0.15) is 12.1 Å². The van der Waals surface area contributed by atoms with E-state index in [9.17, 15) is 19.5 Å². The summed E-state index contributed by atoms with van der Waals surface area (Å²) in [6.07, 6.45) is 1.09. The molecular formula is C30H35N3O5. The molecule has 200 valence electrons. The van der Waals surface area contributed by atoms with Crippen molar-refractivity contribution in [2.45, 2.75) is 43.9 Å². The predicted octanol–water partition coefficient (Wildman–Crippen LogP) is 3.73. The summed E-state index contributed by atoms with van der Waals surface area (Å²) in [6.45, 7) is 1.06. The molecule has 0 aromatic heterocycles. The van der Waals surface area contributed by atoms with E-state index >= 15 is 0 Å². The van der Waals surface area contributed by atoms with Crippen LogP contribution in [0.25, 0.3) is 10.8 Å². The number of likely N-dealkylation sites (N-methyl/N-ethyl adjacent to an activating group) is 2. The third kappa shape index (κ3) is 6.50. The number of amides is 3. The van der Waals surface area contributed by atoms with Crippen LogP contribution in [0.5, 0.6) is 0 Å². The van der Waals surface area contributed by atoms with Crippen LogP contribution in [0.1, 0.15) is 24.0 Å². The molecule has 8 nitrogen and oxygen atoms in total. The average molecular weight is 518 g/mol. The van der Waals surface area contributed by atoms with Crippen LogP contribution >= 0.6 is 0 Å². The van der Waals surface area contributed by atoms with Crippen molar-refractivity contribution < 1.29 is 24.2 Å². The van der Waals surface area contributed by atoms with Crippen LogP contribution in [0.15, 0.2) is 72.8 Å². The van der Waals surface area contributed by atoms with Crippen LogP contribution in [0.2, 0.25) is 0 Å². The zero-order chi connectivity index (χ0) is 27.1. The lowest BCUT2D eigenvalue weighted by Crippen LogP contribution is -2.56. The van der Waals surface area contributed by atoms with E-state index in [1.54, 1.807) is 7.05 Å². The lowest BCUT2D eigenvalue weighted by molar-refractivity contribution is -0.142. The highest BCUT2D eigenvalue weighted by Crippen LogP contribution is 2.22. The van der Waals surface area contributed by atoms with Gasteiger partial charge in [0.2, 0.25) is 11.8 Å². The summed E-state index contributed by atoms with van der Waals surface area (Å²) in [6, 6.07) is 21.3. The summed E-state index contributed by atoms with van der Waals surface area (Å²) < 4.78 is 5.64. The number of hydrogen-bond acceptors (Lipinski definition) is 4. The van der Waals surface area contributed by atoms with Gasteiger partial charge >= 0.3 is 6.09 Å². The summed E-state index contributed by atoms with van der Waals surface area (Å²) in [7, 11) is 2.97. The number of nitrogens with one attached hydrogen (secondary N) is 1. The molecule has 0 bridgehead atoms. The van der Waals surface area contributed by atoms with E-state index < -0.39 is 24.1 Å². The minimum atomic E-state index is -1.21. The van der Waals surface area contributed by atoms with Crippen molar-refractivity contribution in [3.63, 3.8) is 0 Å². The van der Waals surface area contributed by atoms with E-state index in [0.717, 1.165) is 39.6 Å². The Kier molecular flexibility index (Phi) is 8.97. The Hall–Kier alpha value is -3.91. The molecule has 1 fully saturated rings. The second-order valence-corrected chi connectivity index (χ2v) is 9.79. The zero-order valence-corrected chi connectivity index (χ0v) is 21.9. The first-order valence-electron chi connectivity index (χ1n) is 13.0. The SMILES string of the molecule is CN(C(=O)O)[C@H](Cc1cccc2ccccc12)C(=O)N(C)[C@H](Cc1ccccc1)C(=O)NCC1CCCO1. The minimum Gasteiger partial charge on any atom is -0.465 e. The third-order valence-corrected chi connectivity index (χ3v) is 7.27. The van der Waals surface area contributed by atoms with Crippen molar-refractivity contribution in [1.29, 1.82) is 0 Å². The fraction of sp³-hybridized carbons (Fsp3) is 0.367. The van der Waals surface area contributed by atoms with Gasteiger partial charge in [-0.3, -0.25) is 14.5 Å². The molecule has 4 rings (SSSR count). The summed E-state index contributed by atoms with van der Waals surface area (Å²) >= 11 is 0. The fourth-order valence-corrected chi connectivity index (χ4v) is 4.97. The molecule has 1 aliphatic heterocycles. The van der Waals surface area contributed by atoms with Crippen LogP contribution in [0, 0.1) is 0 Å². The Morgan fingerprint density at radius 1 is 0.921 bits per heavy atom. The highest BCUT2D eigenvalue weighted by molar-refractivity contribution is 5.92. The van der Waals surface area contributed by atoms with Gasteiger partial charge in [0.05, 0.1) is 6.10 Å². The molecule has 8 heteroatoms. The lowest BCUT2D eigenvalue weighted by Gasteiger charge is -2.34. The summed E-state index contributed by atoms with van der Waals surface area (Å²) in [5.74, 6) is -0.724. The van der Waals surface area contributed by atoms with Crippen molar-refractivity contribution in [3.05, 3.63) is 83.9 Å². The quantitative estimate of drug-likeness (QED) is 0.427. The van der Waals surface area contributed by atoms with Crippen molar-refractivity contribution >= 4 is 28.7 Å². The number of carbonyl (C=O) groups is 3. The number of ether oxygens (including phenoxy) is 1. The molecule has 3 aromatic rings. The van der Waals surface area contributed by atoms with Crippen LogP contribution in [0.4, 0.5) is 4.79 Å². The predicted molar refractivity (Wildman–Crippen MR) is 146 cm³/mol. The summed E-state index contributed by atoms with van der Waals surface area (Å²) in [5, 5.41) is 14.8. The second kappa shape index (κ2) is 12.6. The van der Waals surface area contributed by atoms with Gasteiger partial charge in [-0.1, -0.05) is 72.8 Å². The van der Waals surface area contributed by atoms with Gasteiger partial charge in [0.15, 0.2) is 0 Å². The van der Waals surface area contributed by atoms with Gasteiger partial charge in [-0.2, -0.15) is 0 Å². The largest absolute Gasteiger partial charge is 0.465 e. The molecule has 1 heterocycles. The molecule has 1 unspecified atom stereocenters. The first-order valence-corrected chi connectivity index (χ1v) is 13.0. The van der Waals surface area contributed by atoms with Crippen LogP contribution in [-0.4, -0.2) is 78.2 Å². The maximum atomic E-state index is 13.9. The Labute approximate surface area is 223 Å². The van der Waals surface area contributed by atoms with E-state index in [0.29, 0.717) is 19.6 Å². The zero-order valence-electron chi connectivity index (χ0n) is 21.9. The molecule has 0 saturated carbocycles. The van der Waals surface area contributed by atoms with Crippen molar-refractivity contribution in [2.75, 3.05) is 27.2 Å². The molecule has 3 amide bonds. The first-order chi connectivity index (χ1) is 18.3. The summed E-state index contributed by atoms with van der Waals surface area (Å²) in [5.41, 5.74) is 1.77. The number of hydrogen-bond donors (Lipinski definition) is 2. The van der Waals surface area contributed by atoms with Gasteiger partial charge < -0.3 is 20.1 Å². The van der Waals surface area contributed by atoms with Crippen molar-refractivity contribution in [1.82, 2.24) is 15.1 Å². The summed E-state index contributed by atoms with van der Waals surface area (Å²) in [4.78, 5) is 41.8. The highest BCUT2D eigenvalue weighted by Gasteiger charge is 2.35. The Morgan fingerprint density at radius 2 is 1.63 bits per heavy atom. The molecule has 0 aliphatic carbocycles. The normalized spacial score (nSPS) is 16.5. The first kappa shape index (κ1) is 27.1. The van der Waals surface area contributed by atoms with Crippen LogP contribution in [0.3, 0.4) is 0 Å². The van der Waals surface area contributed by atoms with Crippen molar-refractivity contribution in [2.24, 2.45) is 0 Å². The van der Waals surface area contributed by atoms with Gasteiger partial charge in [-0.25, -0.2) is 4.79 Å². The molecule has 1 aliphatic rings. The number of fused-ring (bicyclic) bond motifs is 1. The van der Waals surface area contributed by atoms with E-state index in [4.69, 9.17) is 4.74 Å². The van der Waals surface area contributed by atoms with Crippen LogP contribution < -0.4 is 5.32 Å². The molecule has 3 aromatic carbocycles. The molecule has 0 radical (unpaired) electrons. The minimum absolute atomic E-state index is 0.0328. The molecule has 2 N–H and O–H groups in total. The lowest BCUT2D eigenvalue weighted by atomic mass is 9.96.